The predicted octanol–water partition coefficient (Wildman–Crippen LogP) is 4.16. The third-order valence-electron chi connectivity index (χ3n) is 4.70. The van der Waals surface area contributed by atoms with Gasteiger partial charge < -0.3 is 4.74 Å². The van der Waals surface area contributed by atoms with Crippen molar-refractivity contribution >= 4 is 35.6 Å². The molecule has 0 aliphatic carbocycles. The predicted molar refractivity (Wildman–Crippen MR) is 115 cm³/mol. The van der Waals surface area contributed by atoms with Crippen molar-refractivity contribution in [2.24, 2.45) is 30.0 Å². The van der Waals surface area contributed by atoms with Gasteiger partial charge in [0.05, 0.1) is 0 Å². The molecule has 0 bridgehead atoms. The van der Waals surface area contributed by atoms with Crippen LogP contribution in [0.25, 0.3) is 0 Å². The highest BCUT2D eigenvalue weighted by atomic mass is 19.4. The second kappa shape index (κ2) is 8.14. The van der Waals surface area contributed by atoms with E-state index in [0.29, 0.717) is 11.1 Å². The van der Waals surface area contributed by atoms with Crippen LogP contribution in [-0.4, -0.2) is 58.9 Å². The van der Waals surface area contributed by atoms with E-state index in [4.69, 9.17) is 0 Å². The Bertz CT molecular complexity index is 1290. The van der Waals surface area contributed by atoms with Gasteiger partial charge in [0.25, 0.3) is 6.10 Å². The average molecular weight is 491 g/mol. The van der Waals surface area contributed by atoms with Crippen LogP contribution in [0, 0.1) is 0 Å². The molecule has 0 atom stereocenters. The Morgan fingerprint density at radius 3 is 1.46 bits per heavy atom. The minimum absolute atomic E-state index is 0.0209. The number of halogens is 6. The maximum Gasteiger partial charge on any atom is 0.434 e. The average Bonchev–Trinajstić information content (AvgIpc) is 2.82. The van der Waals surface area contributed by atoms with Crippen LogP contribution in [0.5, 0.6) is 0 Å². The van der Waals surface area contributed by atoms with Crippen molar-refractivity contribution in [2.75, 3.05) is 0 Å². The zero-order valence-electron chi connectivity index (χ0n) is 17.2. The summed E-state index contributed by atoms with van der Waals surface area (Å²) in [7, 11) is 0. The number of guanidine groups is 3. The summed E-state index contributed by atoms with van der Waals surface area (Å²) in [6.45, 7) is 0. The maximum atomic E-state index is 13.1. The second-order valence-corrected chi connectivity index (χ2v) is 7.15. The molecule has 35 heavy (non-hydrogen) atoms. The number of ether oxygens (including phenoxy) is 1. The molecule has 0 N–H and O–H groups in total. The normalized spacial score (nSPS) is 17.5. The maximum absolute atomic E-state index is 13.1. The topological polar surface area (TPSA) is 86.6 Å². The molecule has 3 aliphatic rings. The van der Waals surface area contributed by atoms with E-state index in [2.05, 4.69) is 34.7 Å². The van der Waals surface area contributed by atoms with Gasteiger partial charge >= 0.3 is 18.4 Å². The third-order valence-corrected chi connectivity index (χ3v) is 4.70. The Balaban J connectivity index is 1.63. The molecule has 3 heterocycles. The van der Waals surface area contributed by atoms with Gasteiger partial charge in [-0.25, -0.2) is 4.90 Å². The summed E-state index contributed by atoms with van der Waals surface area (Å²) in [5, 5.41) is 0. The van der Waals surface area contributed by atoms with Crippen molar-refractivity contribution in [3.63, 3.8) is 0 Å². The summed E-state index contributed by atoms with van der Waals surface area (Å²) in [6, 6.07) is 15.7. The highest BCUT2D eigenvalue weighted by molar-refractivity contribution is 6.32. The van der Waals surface area contributed by atoms with Gasteiger partial charge in [0.1, 0.15) is 0 Å². The molecule has 0 aromatic heterocycles. The number of amidine groups is 3. The van der Waals surface area contributed by atoms with Crippen LogP contribution in [0.15, 0.2) is 90.6 Å². The fourth-order valence-corrected chi connectivity index (χ4v) is 3.18. The van der Waals surface area contributed by atoms with Crippen LogP contribution in [0.4, 0.5) is 26.3 Å². The van der Waals surface area contributed by atoms with Crippen molar-refractivity contribution in [1.29, 1.82) is 0 Å². The molecule has 0 amide bonds. The van der Waals surface area contributed by atoms with Crippen molar-refractivity contribution in [2.45, 2.75) is 18.5 Å². The van der Waals surface area contributed by atoms with Gasteiger partial charge in [0, 0.05) is 11.1 Å². The minimum Gasteiger partial charge on any atom is -0.440 e. The molecule has 0 radical (unpaired) electrons. The Labute approximate surface area is 192 Å². The Morgan fingerprint density at radius 2 is 1.00 bits per heavy atom. The highest BCUT2D eigenvalue weighted by Gasteiger charge is 2.60. The van der Waals surface area contributed by atoms with Crippen molar-refractivity contribution in [3.05, 3.63) is 71.8 Å². The molecule has 2 aromatic rings. The molecule has 178 valence electrons. The molecule has 2 aromatic carbocycles. The Hall–Kier alpha value is -4.36. The summed E-state index contributed by atoms with van der Waals surface area (Å²) in [5.41, 5.74) is 1.02. The lowest BCUT2D eigenvalue weighted by molar-refractivity contribution is -0.303. The van der Waals surface area contributed by atoms with Crippen LogP contribution in [0.2, 0.25) is 0 Å². The number of aliphatic imine (C=N–C) groups is 6. The number of rotatable bonds is 3. The second-order valence-electron chi connectivity index (χ2n) is 7.15. The van der Waals surface area contributed by atoms with Crippen LogP contribution >= 0.6 is 0 Å². The summed E-state index contributed by atoms with van der Waals surface area (Å²) in [4.78, 5) is 25.5. The standard InChI is InChI=1S/C21H11F6N7O/c22-20(23,24)15(21(25,26)27)35-19-32-17-30-13(11-7-3-1-4-8-11)28-16-29-14(12-9-5-2-6-10-12)31-18(33-19)34(16)17/h1-10,15H. The summed E-state index contributed by atoms with van der Waals surface area (Å²) in [6.07, 6.45) is -15.7. The Kier molecular flexibility index (Phi) is 5.22. The first-order chi connectivity index (χ1) is 16.6. The lowest BCUT2D eigenvalue weighted by Gasteiger charge is -2.31. The zero-order valence-corrected chi connectivity index (χ0v) is 17.2. The molecule has 3 aliphatic heterocycles. The van der Waals surface area contributed by atoms with Gasteiger partial charge in [-0.2, -0.15) is 56.3 Å². The molecule has 14 heteroatoms. The van der Waals surface area contributed by atoms with Crippen LogP contribution in [0.3, 0.4) is 0 Å². The van der Waals surface area contributed by atoms with E-state index in [0.717, 1.165) is 4.90 Å². The lowest BCUT2D eigenvalue weighted by atomic mass is 10.2. The first-order valence-corrected chi connectivity index (χ1v) is 9.83. The van der Waals surface area contributed by atoms with Gasteiger partial charge in [0.2, 0.25) is 17.9 Å². The molecule has 0 saturated heterocycles. The van der Waals surface area contributed by atoms with E-state index in [-0.39, 0.29) is 29.5 Å². The fraction of sp³-hybridized carbons (Fsp3) is 0.143. The number of alkyl halides is 6. The van der Waals surface area contributed by atoms with Gasteiger partial charge in [0.15, 0.2) is 11.7 Å². The lowest BCUT2D eigenvalue weighted by Crippen LogP contribution is -2.50. The molecular weight excluding hydrogens is 480 g/mol. The summed E-state index contributed by atoms with van der Waals surface area (Å²) in [5.74, 6) is -0.560. The van der Waals surface area contributed by atoms with E-state index < -0.39 is 24.5 Å². The van der Waals surface area contributed by atoms with Crippen molar-refractivity contribution in [3.8, 4) is 0 Å². The first kappa shape index (κ1) is 22.4. The third kappa shape index (κ3) is 4.41. The molecule has 5 rings (SSSR count). The van der Waals surface area contributed by atoms with E-state index in [1.54, 1.807) is 60.7 Å². The van der Waals surface area contributed by atoms with E-state index >= 15 is 0 Å². The monoisotopic (exact) mass is 491 g/mol. The van der Waals surface area contributed by atoms with E-state index in [1.807, 2.05) is 0 Å². The first-order valence-electron chi connectivity index (χ1n) is 9.83. The molecule has 0 saturated carbocycles. The molecule has 8 nitrogen and oxygen atoms in total. The van der Waals surface area contributed by atoms with Crippen molar-refractivity contribution < 1.29 is 31.1 Å². The van der Waals surface area contributed by atoms with Crippen molar-refractivity contribution in [1.82, 2.24) is 4.90 Å². The zero-order chi connectivity index (χ0) is 24.8. The van der Waals surface area contributed by atoms with Crippen LogP contribution < -0.4 is 0 Å². The minimum atomic E-state index is -5.76. The van der Waals surface area contributed by atoms with Gasteiger partial charge in [-0.3, -0.25) is 0 Å². The van der Waals surface area contributed by atoms with E-state index in [9.17, 15) is 26.3 Å². The number of hydrogen-bond donors (Lipinski definition) is 0. The highest BCUT2D eigenvalue weighted by Crippen LogP contribution is 2.36. The summed E-state index contributed by atoms with van der Waals surface area (Å²) < 4.78 is 82.6. The van der Waals surface area contributed by atoms with Crippen LogP contribution in [-0.2, 0) is 4.74 Å². The SMILES string of the molecule is FC(F)(F)C(OC1=NC2=NC(c3ccccc3)=NC3=NC(c4ccccc4)=NC(=N1)N23)C(F)(F)F. The van der Waals surface area contributed by atoms with Gasteiger partial charge in [-0.05, 0) is 0 Å². The quantitative estimate of drug-likeness (QED) is 0.604. The largest absolute Gasteiger partial charge is 0.440 e. The fourth-order valence-electron chi connectivity index (χ4n) is 3.18. The number of hydrogen-bond acceptors (Lipinski definition) is 8. The summed E-state index contributed by atoms with van der Waals surface area (Å²) >= 11 is 0. The smallest absolute Gasteiger partial charge is 0.434 e. The molecule has 0 fully saturated rings. The number of benzene rings is 2. The van der Waals surface area contributed by atoms with Gasteiger partial charge in [-0.15, -0.1) is 0 Å². The van der Waals surface area contributed by atoms with E-state index in [1.165, 1.54) is 0 Å². The molecule has 0 unspecified atom stereocenters. The Morgan fingerprint density at radius 1 is 0.571 bits per heavy atom. The number of nitrogens with zero attached hydrogens (tertiary/aromatic N) is 7. The molecular formula is C21H11F6N7O. The van der Waals surface area contributed by atoms with Gasteiger partial charge in [-0.1, -0.05) is 60.7 Å². The molecule has 0 spiro atoms. The van der Waals surface area contributed by atoms with Crippen LogP contribution in [0.1, 0.15) is 11.1 Å².